The minimum atomic E-state index is -0.0501. The summed E-state index contributed by atoms with van der Waals surface area (Å²) in [7, 11) is 0. The number of ether oxygens (including phenoxy) is 1. The van der Waals surface area contributed by atoms with Crippen LogP contribution in [0.25, 0.3) is 0 Å². The Bertz CT molecular complexity index is 232. The highest BCUT2D eigenvalue weighted by atomic mass is 16.5. The van der Waals surface area contributed by atoms with Crippen molar-refractivity contribution in [3.05, 3.63) is 0 Å². The first-order valence-corrected chi connectivity index (χ1v) is 5.88. The third-order valence-electron chi connectivity index (χ3n) is 2.82. The molecule has 1 heterocycles. The van der Waals surface area contributed by atoms with Crippen LogP contribution in [0, 0.1) is 0 Å². The molecule has 0 bridgehead atoms. The van der Waals surface area contributed by atoms with Crippen molar-refractivity contribution in [3.8, 4) is 0 Å². The third-order valence-corrected chi connectivity index (χ3v) is 2.82. The van der Waals surface area contributed by atoms with E-state index in [4.69, 9.17) is 4.74 Å². The van der Waals surface area contributed by atoms with E-state index in [0.717, 1.165) is 12.8 Å². The number of rotatable bonds is 4. The van der Waals surface area contributed by atoms with Crippen LogP contribution >= 0.6 is 0 Å². The summed E-state index contributed by atoms with van der Waals surface area (Å²) in [6.07, 6.45) is 2.20. The Kier molecular flexibility index (Phi) is 3.77. The lowest BCUT2D eigenvalue weighted by molar-refractivity contribution is -0.143. The summed E-state index contributed by atoms with van der Waals surface area (Å²) < 4.78 is 5.09. The molecular formula is C12H23NO2. The molecule has 0 aromatic rings. The van der Waals surface area contributed by atoms with E-state index < -0.39 is 0 Å². The Balaban J connectivity index is 2.61. The first kappa shape index (κ1) is 12.5. The summed E-state index contributed by atoms with van der Waals surface area (Å²) in [5.41, 5.74) is 0.0667. The van der Waals surface area contributed by atoms with Gasteiger partial charge in [-0.25, -0.2) is 0 Å². The summed E-state index contributed by atoms with van der Waals surface area (Å²) >= 11 is 0. The highest BCUT2D eigenvalue weighted by Gasteiger charge is 2.57. The molecule has 1 aliphatic heterocycles. The molecule has 0 aliphatic carbocycles. The molecule has 0 aromatic carbocycles. The van der Waals surface area contributed by atoms with Gasteiger partial charge in [-0.15, -0.1) is 0 Å². The number of carbonyl (C=O) groups is 1. The smallest absolute Gasteiger partial charge is 0.325 e. The van der Waals surface area contributed by atoms with Crippen molar-refractivity contribution in [2.75, 3.05) is 6.61 Å². The second-order valence-electron chi connectivity index (χ2n) is 5.13. The molecule has 0 saturated carbocycles. The van der Waals surface area contributed by atoms with Crippen molar-refractivity contribution in [1.29, 1.82) is 0 Å². The van der Waals surface area contributed by atoms with Crippen molar-refractivity contribution in [2.45, 2.75) is 65.1 Å². The van der Waals surface area contributed by atoms with Crippen molar-refractivity contribution < 1.29 is 9.53 Å². The highest BCUT2D eigenvalue weighted by molar-refractivity contribution is 5.80. The predicted molar refractivity (Wildman–Crippen MR) is 60.7 cm³/mol. The fourth-order valence-corrected chi connectivity index (χ4v) is 2.29. The average Bonchev–Trinajstić information content (AvgIpc) is 2.79. The minimum absolute atomic E-state index is 0.00454. The molecule has 3 heteroatoms. The summed E-state index contributed by atoms with van der Waals surface area (Å²) in [6.45, 7) is 10.9. The lowest BCUT2D eigenvalue weighted by atomic mass is 10.1. The maximum Gasteiger partial charge on any atom is 0.325 e. The SMILES string of the molecule is CCCC1C(C(=O)OCC)N1C(C)(C)C. The number of carbonyl (C=O) groups excluding carboxylic acids is 1. The van der Waals surface area contributed by atoms with Crippen LogP contribution in [0.1, 0.15) is 47.5 Å². The second-order valence-corrected chi connectivity index (χ2v) is 5.13. The van der Waals surface area contributed by atoms with Crippen molar-refractivity contribution >= 4 is 5.97 Å². The van der Waals surface area contributed by atoms with Crippen molar-refractivity contribution in [1.82, 2.24) is 4.90 Å². The maximum absolute atomic E-state index is 11.7. The second kappa shape index (κ2) is 4.52. The van der Waals surface area contributed by atoms with Crippen LogP contribution in [0.4, 0.5) is 0 Å². The molecule has 1 fully saturated rings. The van der Waals surface area contributed by atoms with Gasteiger partial charge in [0.25, 0.3) is 0 Å². The summed E-state index contributed by atoms with van der Waals surface area (Å²) in [5.74, 6) is -0.0501. The zero-order valence-electron chi connectivity index (χ0n) is 10.5. The van der Waals surface area contributed by atoms with E-state index in [1.54, 1.807) is 0 Å². The average molecular weight is 213 g/mol. The fraction of sp³-hybridized carbons (Fsp3) is 0.917. The van der Waals surface area contributed by atoms with Gasteiger partial charge in [-0.2, -0.15) is 0 Å². The quantitative estimate of drug-likeness (QED) is 0.529. The molecule has 0 amide bonds. The number of esters is 1. The first-order valence-electron chi connectivity index (χ1n) is 5.88. The lowest BCUT2D eigenvalue weighted by Crippen LogP contribution is -2.30. The van der Waals surface area contributed by atoms with Crippen LogP contribution in [-0.4, -0.2) is 35.1 Å². The van der Waals surface area contributed by atoms with Gasteiger partial charge in [0.1, 0.15) is 6.04 Å². The van der Waals surface area contributed by atoms with Gasteiger partial charge in [-0.1, -0.05) is 13.3 Å². The Hall–Kier alpha value is -0.570. The van der Waals surface area contributed by atoms with Gasteiger partial charge in [0.2, 0.25) is 0 Å². The molecule has 1 rings (SSSR count). The normalized spacial score (nSPS) is 30.1. The Morgan fingerprint density at radius 3 is 2.33 bits per heavy atom. The topological polar surface area (TPSA) is 29.3 Å². The van der Waals surface area contributed by atoms with Crippen LogP contribution in [0.2, 0.25) is 0 Å². The van der Waals surface area contributed by atoms with E-state index in [0.29, 0.717) is 12.6 Å². The first-order chi connectivity index (χ1) is 6.93. The summed E-state index contributed by atoms with van der Waals surface area (Å²) in [5, 5.41) is 0. The highest BCUT2D eigenvalue weighted by Crippen LogP contribution is 2.40. The largest absolute Gasteiger partial charge is 0.465 e. The van der Waals surface area contributed by atoms with Gasteiger partial charge >= 0.3 is 5.97 Å². The van der Waals surface area contributed by atoms with Crippen LogP contribution in [0.5, 0.6) is 0 Å². The molecule has 1 saturated heterocycles. The Morgan fingerprint density at radius 2 is 1.93 bits per heavy atom. The van der Waals surface area contributed by atoms with Gasteiger partial charge in [0, 0.05) is 11.6 Å². The molecule has 3 nitrogen and oxygen atoms in total. The molecule has 3 unspecified atom stereocenters. The number of hydrogen-bond acceptors (Lipinski definition) is 3. The van der Waals surface area contributed by atoms with Gasteiger partial charge in [-0.3, -0.25) is 9.69 Å². The van der Waals surface area contributed by atoms with E-state index in [1.807, 2.05) is 6.92 Å². The van der Waals surface area contributed by atoms with Gasteiger partial charge in [0.15, 0.2) is 0 Å². The number of nitrogens with zero attached hydrogens (tertiary/aromatic N) is 1. The maximum atomic E-state index is 11.7. The molecule has 0 aromatic heterocycles. The lowest BCUT2D eigenvalue weighted by Gasteiger charge is -2.22. The van der Waals surface area contributed by atoms with E-state index in [9.17, 15) is 4.79 Å². The molecule has 3 atom stereocenters. The Morgan fingerprint density at radius 1 is 1.33 bits per heavy atom. The summed E-state index contributed by atoms with van der Waals surface area (Å²) in [4.78, 5) is 13.9. The van der Waals surface area contributed by atoms with Crippen LogP contribution in [0.15, 0.2) is 0 Å². The Labute approximate surface area is 92.8 Å². The fourth-order valence-electron chi connectivity index (χ4n) is 2.29. The van der Waals surface area contributed by atoms with Gasteiger partial charge < -0.3 is 4.74 Å². The molecule has 15 heavy (non-hydrogen) atoms. The van der Waals surface area contributed by atoms with E-state index in [1.165, 1.54) is 0 Å². The van der Waals surface area contributed by atoms with Crippen molar-refractivity contribution in [2.24, 2.45) is 0 Å². The third kappa shape index (κ3) is 2.71. The zero-order valence-corrected chi connectivity index (χ0v) is 10.5. The standard InChI is InChI=1S/C12H23NO2/c1-6-8-9-10(11(14)15-7-2)13(9)12(3,4)5/h9-10H,6-8H2,1-5H3. The van der Waals surface area contributed by atoms with Crippen molar-refractivity contribution in [3.63, 3.8) is 0 Å². The number of hydrogen-bond donors (Lipinski definition) is 0. The van der Waals surface area contributed by atoms with Crippen LogP contribution in [0.3, 0.4) is 0 Å². The monoisotopic (exact) mass is 213 g/mol. The molecule has 0 radical (unpaired) electrons. The molecular weight excluding hydrogens is 190 g/mol. The van der Waals surface area contributed by atoms with Gasteiger partial charge in [0.05, 0.1) is 6.61 Å². The van der Waals surface area contributed by atoms with E-state index in [2.05, 4.69) is 32.6 Å². The van der Waals surface area contributed by atoms with E-state index in [-0.39, 0.29) is 17.6 Å². The molecule has 0 spiro atoms. The summed E-state index contributed by atoms with van der Waals surface area (Å²) in [6, 6.07) is 0.402. The molecule has 1 aliphatic rings. The predicted octanol–water partition coefficient (Wildman–Crippen LogP) is 2.20. The van der Waals surface area contributed by atoms with Crippen LogP contribution < -0.4 is 0 Å². The molecule has 0 N–H and O–H groups in total. The zero-order chi connectivity index (χ0) is 11.6. The molecule has 88 valence electrons. The minimum Gasteiger partial charge on any atom is -0.465 e. The van der Waals surface area contributed by atoms with Crippen LogP contribution in [-0.2, 0) is 9.53 Å². The van der Waals surface area contributed by atoms with E-state index >= 15 is 0 Å². The van der Waals surface area contributed by atoms with Gasteiger partial charge in [-0.05, 0) is 34.1 Å².